The van der Waals surface area contributed by atoms with Crippen LogP contribution < -0.4 is 0 Å². The smallest absolute Gasteiger partial charge is 0.0531 e. The topological polar surface area (TPSA) is 60.7 Å². The molecule has 0 aliphatic heterocycles. The zero-order valence-electron chi connectivity index (χ0n) is 15.7. The Morgan fingerprint density at radius 1 is 0.565 bits per heavy atom. The van der Waals surface area contributed by atoms with Gasteiger partial charge in [0.2, 0.25) is 0 Å². The fourth-order valence-corrected chi connectivity index (χ4v) is 3.03. The van der Waals surface area contributed by atoms with E-state index in [0.717, 1.165) is 18.8 Å². The lowest BCUT2D eigenvalue weighted by atomic mass is 9.85. The Morgan fingerprint density at radius 2 is 0.913 bits per heavy atom. The van der Waals surface area contributed by atoms with Crippen molar-refractivity contribution in [1.29, 1.82) is 0 Å². The van der Waals surface area contributed by atoms with Gasteiger partial charge in [0.05, 0.1) is 19.8 Å². The quantitative estimate of drug-likeness (QED) is 0.339. The van der Waals surface area contributed by atoms with Crippen molar-refractivity contribution in [2.24, 2.45) is 11.3 Å². The van der Waals surface area contributed by atoms with Crippen LogP contribution in [0.5, 0.6) is 0 Å². The Hall–Kier alpha value is -0.120. The third-order valence-electron chi connectivity index (χ3n) is 4.99. The largest absolute Gasteiger partial charge is 0.396 e. The number of hydrogen-bond acceptors (Lipinski definition) is 3. The van der Waals surface area contributed by atoms with Crippen LogP contribution in [-0.2, 0) is 0 Å². The summed E-state index contributed by atoms with van der Waals surface area (Å²) in [5.74, 6) is 0.854. The van der Waals surface area contributed by atoms with Crippen LogP contribution in [-0.4, -0.2) is 35.1 Å². The molecule has 0 aromatic rings. The molecule has 0 fully saturated rings. The minimum atomic E-state index is -0.671. The number of rotatable bonds is 17. The van der Waals surface area contributed by atoms with Crippen molar-refractivity contribution in [3.8, 4) is 0 Å². The van der Waals surface area contributed by atoms with Gasteiger partial charge in [-0.25, -0.2) is 0 Å². The minimum absolute atomic E-state index is 0.128. The maximum Gasteiger partial charge on any atom is 0.0531 e. The summed E-state index contributed by atoms with van der Waals surface area (Å²) in [5.41, 5.74) is -0.671. The third kappa shape index (κ3) is 12.9. The first-order valence-electron chi connectivity index (χ1n) is 9.93. The van der Waals surface area contributed by atoms with Gasteiger partial charge in [0.25, 0.3) is 0 Å². The van der Waals surface area contributed by atoms with Gasteiger partial charge in [-0.15, -0.1) is 0 Å². The number of aliphatic hydroxyl groups excluding tert-OH is 3. The molecule has 0 rings (SSSR count). The van der Waals surface area contributed by atoms with Crippen LogP contribution in [0.15, 0.2) is 0 Å². The molecule has 0 aliphatic carbocycles. The van der Waals surface area contributed by atoms with E-state index in [4.69, 9.17) is 0 Å². The molecule has 0 amide bonds. The van der Waals surface area contributed by atoms with Crippen molar-refractivity contribution in [2.45, 2.75) is 97.3 Å². The van der Waals surface area contributed by atoms with E-state index in [1.54, 1.807) is 0 Å². The van der Waals surface area contributed by atoms with Crippen molar-refractivity contribution >= 4 is 0 Å². The van der Waals surface area contributed by atoms with E-state index < -0.39 is 5.41 Å². The van der Waals surface area contributed by atoms with Crippen molar-refractivity contribution in [3.63, 3.8) is 0 Å². The maximum atomic E-state index is 9.26. The zero-order valence-corrected chi connectivity index (χ0v) is 15.7. The van der Waals surface area contributed by atoms with Crippen LogP contribution in [0.2, 0.25) is 0 Å². The van der Waals surface area contributed by atoms with E-state index in [0.29, 0.717) is 6.42 Å². The normalized spacial score (nSPS) is 12.3. The molecule has 140 valence electrons. The fourth-order valence-electron chi connectivity index (χ4n) is 3.03. The summed E-state index contributed by atoms with van der Waals surface area (Å²) in [6.45, 7) is 4.22. The SMILES string of the molecule is CC(C)CCCCCCCCCCCCCC(CO)(CO)CO. The van der Waals surface area contributed by atoms with Crippen LogP contribution in [0.3, 0.4) is 0 Å². The molecule has 0 heterocycles. The molecule has 0 unspecified atom stereocenters. The maximum absolute atomic E-state index is 9.26. The summed E-state index contributed by atoms with van der Waals surface area (Å²) < 4.78 is 0. The Balaban J connectivity index is 3.28. The number of aliphatic hydroxyl groups is 3. The first-order chi connectivity index (χ1) is 11.1. The van der Waals surface area contributed by atoms with Crippen LogP contribution in [0.1, 0.15) is 97.3 Å². The van der Waals surface area contributed by atoms with Gasteiger partial charge in [-0.05, 0) is 12.3 Å². The van der Waals surface area contributed by atoms with Gasteiger partial charge in [-0.1, -0.05) is 90.9 Å². The van der Waals surface area contributed by atoms with E-state index in [2.05, 4.69) is 13.8 Å². The summed E-state index contributed by atoms with van der Waals surface area (Å²) in [7, 11) is 0. The second-order valence-corrected chi connectivity index (χ2v) is 7.80. The van der Waals surface area contributed by atoms with Gasteiger partial charge in [0.15, 0.2) is 0 Å². The van der Waals surface area contributed by atoms with Crippen LogP contribution in [0.25, 0.3) is 0 Å². The number of unbranched alkanes of at least 4 members (excludes halogenated alkanes) is 10. The van der Waals surface area contributed by atoms with Gasteiger partial charge >= 0.3 is 0 Å². The Labute approximate surface area is 144 Å². The summed E-state index contributed by atoms with van der Waals surface area (Å²) in [6.07, 6.45) is 16.4. The molecule has 0 aromatic heterocycles. The van der Waals surface area contributed by atoms with Gasteiger partial charge < -0.3 is 15.3 Å². The molecule has 0 atom stereocenters. The highest BCUT2D eigenvalue weighted by Crippen LogP contribution is 2.24. The zero-order chi connectivity index (χ0) is 17.4. The van der Waals surface area contributed by atoms with Gasteiger partial charge in [-0.2, -0.15) is 0 Å². The van der Waals surface area contributed by atoms with Gasteiger partial charge in [0, 0.05) is 5.41 Å². The summed E-state index contributed by atoms with van der Waals surface area (Å²) >= 11 is 0. The second-order valence-electron chi connectivity index (χ2n) is 7.80. The highest BCUT2D eigenvalue weighted by atomic mass is 16.3. The van der Waals surface area contributed by atoms with Crippen molar-refractivity contribution in [2.75, 3.05) is 19.8 Å². The van der Waals surface area contributed by atoms with Crippen LogP contribution in [0, 0.1) is 11.3 Å². The lowest BCUT2D eigenvalue weighted by Crippen LogP contribution is -2.33. The second kappa shape index (κ2) is 15.4. The molecular formula is C20H42O3. The predicted molar refractivity (Wildman–Crippen MR) is 98.5 cm³/mol. The Kier molecular flexibility index (Phi) is 15.3. The third-order valence-corrected chi connectivity index (χ3v) is 4.99. The lowest BCUT2D eigenvalue weighted by Gasteiger charge is -2.27. The molecule has 0 aromatic carbocycles. The number of hydrogen-bond donors (Lipinski definition) is 3. The molecule has 0 spiro atoms. The minimum Gasteiger partial charge on any atom is -0.396 e. The molecule has 3 heteroatoms. The Morgan fingerprint density at radius 3 is 1.26 bits per heavy atom. The van der Waals surface area contributed by atoms with E-state index in [1.165, 1.54) is 64.2 Å². The monoisotopic (exact) mass is 330 g/mol. The Bertz CT molecular complexity index is 229. The highest BCUT2D eigenvalue weighted by Gasteiger charge is 2.26. The van der Waals surface area contributed by atoms with E-state index in [9.17, 15) is 15.3 Å². The molecule has 3 N–H and O–H groups in total. The fraction of sp³-hybridized carbons (Fsp3) is 1.00. The molecule has 0 saturated carbocycles. The lowest BCUT2D eigenvalue weighted by molar-refractivity contribution is -0.00230. The van der Waals surface area contributed by atoms with Crippen LogP contribution in [0.4, 0.5) is 0 Å². The molecule has 3 nitrogen and oxygen atoms in total. The molecule has 0 aliphatic rings. The standard InChI is InChI=1S/C20H42O3/c1-19(2)14-12-10-8-6-4-3-5-7-9-11-13-15-20(16-21,17-22)18-23/h19,21-23H,3-18H2,1-2H3. The van der Waals surface area contributed by atoms with E-state index in [-0.39, 0.29) is 19.8 Å². The first-order valence-corrected chi connectivity index (χ1v) is 9.93. The van der Waals surface area contributed by atoms with Crippen molar-refractivity contribution in [1.82, 2.24) is 0 Å². The molecule has 0 saturated heterocycles. The summed E-state index contributed by atoms with van der Waals surface area (Å²) in [5, 5.41) is 27.8. The van der Waals surface area contributed by atoms with Gasteiger partial charge in [-0.3, -0.25) is 0 Å². The average molecular weight is 331 g/mol. The van der Waals surface area contributed by atoms with Crippen LogP contribution >= 0.6 is 0 Å². The first kappa shape index (κ1) is 22.9. The molecule has 0 bridgehead atoms. The van der Waals surface area contributed by atoms with E-state index >= 15 is 0 Å². The van der Waals surface area contributed by atoms with Gasteiger partial charge in [0.1, 0.15) is 0 Å². The van der Waals surface area contributed by atoms with Crippen molar-refractivity contribution in [3.05, 3.63) is 0 Å². The molecular weight excluding hydrogens is 288 g/mol. The molecule has 23 heavy (non-hydrogen) atoms. The van der Waals surface area contributed by atoms with E-state index in [1.807, 2.05) is 0 Å². The highest BCUT2D eigenvalue weighted by molar-refractivity contribution is 4.76. The average Bonchev–Trinajstić information content (AvgIpc) is 2.56. The van der Waals surface area contributed by atoms with Crippen molar-refractivity contribution < 1.29 is 15.3 Å². The molecule has 0 radical (unpaired) electrons. The predicted octanol–water partition coefficient (Wildman–Crippen LogP) is 4.68. The summed E-state index contributed by atoms with van der Waals surface area (Å²) in [4.78, 5) is 0. The summed E-state index contributed by atoms with van der Waals surface area (Å²) in [6, 6.07) is 0.